The molecule has 0 spiro atoms. The SMILES string of the molecule is [O]=[Re](=[O])(=[O])[O][Si](c1ccccc1)(c1ccccc1)c1ccccc1. The summed E-state index contributed by atoms with van der Waals surface area (Å²) in [5, 5.41) is 2.18. The van der Waals surface area contributed by atoms with Crippen LogP contribution < -0.4 is 15.6 Å². The Kier molecular flexibility index (Phi) is 4.74. The second kappa shape index (κ2) is 6.79. The molecule has 3 aromatic rings. The molecule has 0 radical (unpaired) electrons. The molecule has 0 fully saturated rings. The molecule has 0 saturated carbocycles. The first-order valence-corrected chi connectivity index (χ1v) is 13.6. The quantitative estimate of drug-likeness (QED) is 0.389. The topological polar surface area (TPSA) is 60.4 Å². The van der Waals surface area contributed by atoms with Gasteiger partial charge in [-0.3, -0.25) is 0 Å². The summed E-state index contributed by atoms with van der Waals surface area (Å²) in [4.78, 5) is 0. The van der Waals surface area contributed by atoms with Crippen LogP contribution in [-0.2, 0) is 29.3 Å². The van der Waals surface area contributed by atoms with E-state index in [2.05, 4.69) is 0 Å². The molecule has 0 bridgehead atoms. The van der Waals surface area contributed by atoms with E-state index in [0.29, 0.717) is 0 Å². The molecular weight excluding hydrogens is 494 g/mol. The molecule has 0 N–H and O–H groups in total. The van der Waals surface area contributed by atoms with E-state index in [1.54, 1.807) is 0 Å². The summed E-state index contributed by atoms with van der Waals surface area (Å²) in [6, 6.07) is 27.4. The fourth-order valence-corrected chi connectivity index (χ4v) is 12.3. The average molecular weight is 510 g/mol. The number of rotatable bonds is 5. The van der Waals surface area contributed by atoms with Gasteiger partial charge in [0.05, 0.1) is 0 Å². The van der Waals surface area contributed by atoms with E-state index < -0.39 is 24.1 Å². The van der Waals surface area contributed by atoms with Gasteiger partial charge in [0.15, 0.2) is 0 Å². The van der Waals surface area contributed by atoms with Gasteiger partial charge in [0.25, 0.3) is 0 Å². The Morgan fingerprint density at radius 1 is 0.542 bits per heavy atom. The average Bonchev–Trinajstić information content (AvgIpc) is 2.61. The first kappa shape index (κ1) is 16.7. The van der Waals surface area contributed by atoms with E-state index in [0.717, 1.165) is 15.6 Å². The predicted octanol–water partition coefficient (Wildman–Crippen LogP) is 1.78. The van der Waals surface area contributed by atoms with Crippen LogP contribution in [0.25, 0.3) is 0 Å². The van der Waals surface area contributed by atoms with E-state index in [-0.39, 0.29) is 0 Å². The molecule has 0 saturated heterocycles. The van der Waals surface area contributed by atoms with Crippen molar-refractivity contribution in [3.63, 3.8) is 0 Å². The summed E-state index contributed by atoms with van der Waals surface area (Å²) < 4.78 is 40.7. The first-order valence-electron chi connectivity index (χ1n) is 7.30. The Hall–Kier alpha value is -2.10. The molecule has 0 atom stereocenters. The third-order valence-electron chi connectivity index (χ3n) is 3.75. The minimum absolute atomic E-state index is 0.726. The first-order chi connectivity index (χ1) is 11.5. The summed E-state index contributed by atoms with van der Waals surface area (Å²) in [5.74, 6) is 0. The molecule has 24 heavy (non-hydrogen) atoms. The van der Waals surface area contributed by atoms with Gasteiger partial charge in [-0.05, 0) is 0 Å². The van der Waals surface area contributed by atoms with Crippen LogP contribution in [0.5, 0.6) is 0 Å². The second-order valence-corrected chi connectivity index (χ2v) is 12.9. The molecule has 0 unspecified atom stereocenters. The molecule has 122 valence electrons. The Bertz CT molecular complexity index is 857. The number of benzene rings is 3. The van der Waals surface area contributed by atoms with Crippen LogP contribution >= 0.6 is 0 Å². The van der Waals surface area contributed by atoms with Crippen LogP contribution in [-0.4, -0.2) is 8.32 Å². The van der Waals surface area contributed by atoms with Gasteiger partial charge in [0.2, 0.25) is 0 Å². The Morgan fingerprint density at radius 2 is 0.833 bits per heavy atom. The van der Waals surface area contributed by atoms with E-state index in [1.165, 1.54) is 0 Å². The van der Waals surface area contributed by atoms with Crippen molar-refractivity contribution in [2.45, 2.75) is 0 Å². The molecule has 0 amide bonds. The summed E-state index contributed by atoms with van der Waals surface area (Å²) in [6.07, 6.45) is 0. The van der Waals surface area contributed by atoms with Gasteiger partial charge >= 0.3 is 144 Å². The summed E-state index contributed by atoms with van der Waals surface area (Å²) >= 11 is -6.22. The van der Waals surface area contributed by atoms with Gasteiger partial charge in [-0.25, -0.2) is 0 Å². The van der Waals surface area contributed by atoms with Gasteiger partial charge in [-0.2, -0.15) is 0 Å². The molecule has 3 rings (SSSR count). The maximum absolute atomic E-state index is 11.7. The standard InChI is InChI=1S/C18H15OSi.3O.Re/c19-20(16-10-4-1-5-11-16,17-12-6-2-7-13-17)18-14-8-3-9-15-18;;;;/h1-15H;;;;/q-1;;;;+1. The molecular formula is C18H15O4ReSi. The van der Waals surface area contributed by atoms with E-state index >= 15 is 0 Å². The van der Waals surface area contributed by atoms with E-state index in [1.807, 2.05) is 91.0 Å². The molecule has 0 heterocycles. The van der Waals surface area contributed by atoms with E-state index in [9.17, 15) is 10.4 Å². The molecule has 3 aromatic carbocycles. The third-order valence-corrected chi connectivity index (χ3v) is 12.1. The van der Waals surface area contributed by atoms with E-state index in [4.69, 9.17) is 3.15 Å². The minimum atomic E-state index is -6.22. The zero-order valence-electron chi connectivity index (χ0n) is 12.7. The van der Waals surface area contributed by atoms with Crippen LogP contribution in [0.4, 0.5) is 0 Å². The fourth-order valence-electron chi connectivity index (χ4n) is 2.79. The molecule has 4 nitrogen and oxygen atoms in total. The van der Waals surface area contributed by atoms with Gasteiger partial charge in [-0.1, -0.05) is 0 Å². The number of hydrogen-bond acceptors (Lipinski definition) is 4. The summed E-state index contributed by atoms with van der Waals surface area (Å²) in [5.41, 5.74) is 0. The Balaban J connectivity index is 2.39. The summed E-state index contributed by atoms with van der Waals surface area (Å²) in [7, 11) is -3.41. The van der Waals surface area contributed by atoms with Crippen LogP contribution in [0.1, 0.15) is 0 Å². The fraction of sp³-hybridized carbons (Fsp3) is 0. The van der Waals surface area contributed by atoms with Gasteiger partial charge < -0.3 is 0 Å². The molecule has 6 heteroatoms. The van der Waals surface area contributed by atoms with Crippen molar-refractivity contribution in [1.82, 2.24) is 0 Å². The van der Waals surface area contributed by atoms with Crippen LogP contribution in [0.2, 0.25) is 0 Å². The van der Waals surface area contributed by atoms with Crippen LogP contribution in [0.3, 0.4) is 0 Å². The molecule has 0 aliphatic heterocycles. The number of hydrogen-bond donors (Lipinski definition) is 0. The molecule has 0 aliphatic carbocycles. The van der Waals surface area contributed by atoms with Crippen molar-refractivity contribution in [1.29, 1.82) is 0 Å². The zero-order valence-corrected chi connectivity index (χ0v) is 16.4. The van der Waals surface area contributed by atoms with Crippen molar-refractivity contribution < 1.29 is 29.3 Å². The van der Waals surface area contributed by atoms with Crippen molar-refractivity contribution in [2.75, 3.05) is 0 Å². The predicted molar refractivity (Wildman–Crippen MR) is 87.1 cm³/mol. The third kappa shape index (κ3) is 3.37. The van der Waals surface area contributed by atoms with Gasteiger partial charge in [0, 0.05) is 0 Å². The van der Waals surface area contributed by atoms with Crippen molar-refractivity contribution in [2.24, 2.45) is 0 Å². The van der Waals surface area contributed by atoms with Crippen molar-refractivity contribution >= 4 is 23.9 Å². The van der Waals surface area contributed by atoms with Crippen molar-refractivity contribution in [3.05, 3.63) is 91.0 Å². The molecule has 0 aromatic heterocycles. The normalized spacial score (nSPS) is 12.0. The monoisotopic (exact) mass is 510 g/mol. The zero-order chi connectivity index (χ0) is 17.0. The Labute approximate surface area is 144 Å². The molecule has 0 aliphatic rings. The maximum atomic E-state index is 11.7. The van der Waals surface area contributed by atoms with Gasteiger partial charge in [-0.15, -0.1) is 0 Å². The Morgan fingerprint density at radius 3 is 1.08 bits per heavy atom. The summed E-state index contributed by atoms with van der Waals surface area (Å²) in [6.45, 7) is 0. The van der Waals surface area contributed by atoms with Crippen LogP contribution in [0.15, 0.2) is 91.0 Å². The van der Waals surface area contributed by atoms with Crippen LogP contribution in [0, 0.1) is 0 Å². The second-order valence-electron chi connectivity index (χ2n) is 5.23. The van der Waals surface area contributed by atoms with Gasteiger partial charge in [0.1, 0.15) is 0 Å². The van der Waals surface area contributed by atoms with Crippen molar-refractivity contribution in [3.8, 4) is 0 Å².